The van der Waals surface area contributed by atoms with E-state index >= 15 is 0 Å². The Labute approximate surface area is 184 Å². The molecule has 0 spiro atoms. The summed E-state index contributed by atoms with van der Waals surface area (Å²) in [7, 11) is 3.19. The van der Waals surface area contributed by atoms with Gasteiger partial charge in [0.2, 0.25) is 0 Å². The molecule has 1 heterocycles. The number of allylic oxidation sites excluding steroid dienone is 1. The molecule has 164 valence electrons. The first-order valence-corrected chi connectivity index (χ1v) is 10.4. The minimum absolute atomic E-state index is 0.0759. The summed E-state index contributed by atoms with van der Waals surface area (Å²) < 4.78 is 10.9. The molecule has 0 saturated heterocycles. The van der Waals surface area contributed by atoms with Gasteiger partial charge in [0.05, 0.1) is 31.5 Å². The minimum atomic E-state index is -0.333. The Kier molecular flexibility index (Phi) is 6.39. The molecule has 6 nitrogen and oxygen atoms in total. The molecular weight excluding hydrogens is 390 g/mol. The molecule has 1 aliphatic rings. The predicted octanol–water partition coefficient (Wildman–Crippen LogP) is 4.80. The van der Waals surface area contributed by atoms with Crippen LogP contribution < -0.4 is 19.8 Å². The molecule has 0 atom stereocenters. The fraction of sp³-hybridized carbons (Fsp3) is 0.360. The van der Waals surface area contributed by atoms with Crippen LogP contribution in [0.15, 0.2) is 41.5 Å². The Balaban J connectivity index is 1.90. The van der Waals surface area contributed by atoms with Crippen LogP contribution in [0, 0.1) is 6.92 Å². The number of ether oxygens (including phenoxy) is 2. The number of carbonyl (C=O) groups is 1. The van der Waals surface area contributed by atoms with Crippen molar-refractivity contribution in [2.45, 2.75) is 40.2 Å². The van der Waals surface area contributed by atoms with Crippen LogP contribution in [-0.2, 0) is 0 Å². The van der Waals surface area contributed by atoms with Gasteiger partial charge in [-0.15, -0.1) is 0 Å². The lowest BCUT2D eigenvalue weighted by molar-refractivity contribution is 0.0952. The number of likely N-dealkylation sites (N-methyl/N-ethyl adjacent to an activating group) is 1. The zero-order valence-corrected chi connectivity index (χ0v) is 19.4. The zero-order chi connectivity index (χ0) is 22.8. The van der Waals surface area contributed by atoms with E-state index in [-0.39, 0.29) is 11.4 Å². The fourth-order valence-corrected chi connectivity index (χ4v) is 4.18. The average molecular weight is 422 g/mol. The number of hydrogen-bond donors (Lipinski definition) is 1. The van der Waals surface area contributed by atoms with Gasteiger partial charge in [0.25, 0.3) is 5.91 Å². The molecule has 0 radical (unpaired) electrons. The van der Waals surface area contributed by atoms with Gasteiger partial charge in [-0.05, 0) is 64.0 Å². The number of carbonyl (C=O) groups excluding carboxylic acids is 1. The Morgan fingerprint density at radius 3 is 2.48 bits per heavy atom. The van der Waals surface area contributed by atoms with Crippen LogP contribution in [0.3, 0.4) is 0 Å². The van der Waals surface area contributed by atoms with Gasteiger partial charge in [-0.25, -0.2) is 5.43 Å². The highest BCUT2D eigenvalue weighted by atomic mass is 16.5. The number of hydrogen-bond acceptors (Lipinski definition) is 5. The normalized spacial score (nSPS) is 14.8. The average Bonchev–Trinajstić information content (AvgIpc) is 2.72. The Bertz CT molecular complexity index is 1050. The number of aryl methyl sites for hydroxylation is 1. The molecule has 0 aliphatic carbocycles. The van der Waals surface area contributed by atoms with Gasteiger partial charge in [0.1, 0.15) is 11.5 Å². The first kappa shape index (κ1) is 22.4. The fourth-order valence-electron chi connectivity index (χ4n) is 4.18. The van der Waals surface area contributed by atoms with Crippen molar-refractivity contribution in [3.8, 4) is 11.5 Å². The van der Waals surface area contributed by atoms with E-state index in [1.165, 1.54) is 5.57 Å². The van der Waals surface area contributed by atoms with Crippen LogP contribution in [0.25, 0.3) is 5.57 Å². The maximum Gasteiger partial charge on any atom is 0.275 e. The summed E-state index contributed by atoms with van der Waals surface area (Å²) in [6.45, 7) is 11.5. The molecule has 0 unspecified atom stereocenters. The van der Waals surface area contributed by atoms with Crippen molar-refractivity contribution in [1.82, 2.24) is 5.43 Å². The smallest absolute Gasteiger partial charge is 0.275 e. The highest BCUT2D eigenvalue weighted by Crippen LogP contribution is 2.41. The molecular formula is C25H31N3O3. The van der Waals surface area contributed by atoms with E-state index in [0.717, 1.165) is 28.9 Å². The van der Waals surface area contributed by atoms with Crippen molar-refractivity contribution in [2.75, 3.05) is 25.7 Å². The van der Waals surface area contributed by atoms with Crippen LogP contribution >= 0.6 is 0 Å². The van der Waals surface area contributed by atoms with E-state index in [9.17, 15) is 4.79 Å². The largest absolute Gasteiger partial charge is 0.496 e. The third-order valence-corrected chi connectivity index (χ3v) is 5.62. The number of nitrogens with one attached hydrogen (secondary N) is 1. The van der Waals surface area contributed by atoms with Gasteiger partial charge in [-0.3, -0.25) is 4.79 Å². The van der Waals surface area contributed by atoms with Gasteiger partial charge >= 0.3 is 0 Å². The van der Waals surface area contributed by atoms with Crippen molar-refractivity contribution in [3.05, 3.63) is 58.7 Å². The topological polar surface area (TPSA) is 63.2 Å². The van der Waals surface area contributed by atoms with E-state index in [0.29, 0.717) is 17.1 Å². The number of rotatable bonds is 6. The Hall–Kier alpha value is -3.28. The third-order valence-electron chi connectivity index (χ3n) is 5.62. The van der Waals surface area contributed by atoms with Crippen molar-refractivity contribution >= 4 is 23.4 Å². The van der Waals surface area contributed by atoms with Gasteiger partial charge in [-0.2, -0.15) is 5.10 Å². The van der Waals surface area contributed by atoms with E-state index in [4.69, 9.17) is 9.47 Å². The number of nitrogens with zero attached hydrogens (tertiary/aromatic N) is 2. The Morgan fingerprint density at radius 1 is 1.13 bits per heavy atom. The van der Waals surface area contributed by atoms with Crippen molar-refractivity contribution in [1.29, 1.82) is 0 Å². The lowest BCUT2D eigenvalue weighted by atomic mass is 9.88. The summed E-state index contributed by atoms with van der Waals surface area (Å²) in [5.41, 5.74) is 8.23. The van der Waals surface area contributed by atoms with Gasteiger partial charge < -0.3 is 14.4 Å². The van der Waals surface area contributed by atoms with E-state index in [1.807, 2.05) is 25.1 Å². The summed E-state index contributed by atoms with van der Waals surface area (Å²) in [6.07, 6.45) is 3.89. The van der Waals surface area contributed by atoms with Crippen LogP contribution in [0.1, 0.15) is 54.7 Å². The summed E-state index contributed by atoms with van der Waals surface area (Å²) in [5, 5.41) is 4.17. The molecule has 0 bridgehead atoms. The molecule has 1 N–H and O–H groups in total. The molecule has 2 aromatic carbocycles. The summed E-state index contributed by atoms with van der Waals surface area (Å²) in [5.74, 6) is 0.885. The van der Waals surface area contributed by atoms with Crippen LogP contribution in [0.5, 0.6) is 11.5 Å². The van der Waals surface area contributed by atoms with E-state index in [1.54, 1.807) is 26.5 Å². The highest BCUT2D eigenvalue weighted by Gasteiger charge is 2.31. The lowest BCUT2D eigenvalue weighted by Gasteiger charge is -2.43. The quantitative estimate of drug-likeness (QED) is 0.538. The summed E-state index contributed by atoms with van der Waals surface area (Å²) in [6, 6.07) is 9.52. The maximum atomic E-state index is 12.6. The third kappa shape index (κ3) is 4.43. The number of fused-ring (bicyclic) bond motifs is 1. The first-order valence-electron chi connectivity index (χ1n) is 10.4. The SMILES string of the molecule is CCN1c2cc(OC)c(/C=N\NC(=O)c3ccc(C)cc3OC)cc2C(C)=CC1(C)C. The second-order valence-corrected chi connectivity index (χ2v) is 8.24. The first-order chi connectivity index (χ1) is 14.7. The van der Waals surface area contributed by atoms with Crippen LogP contribution in [-0.4, -0.2) is 38.4 Å². The second-order valence-electron chi connectivity index (χ2n) is 8.24. The van der Waals surface area contributed by atoms with Crippen molar-refractivity contribution < 1.29 is 14.3 Å². The molecule has 6 heteroatoms. The molecule has 3 rings (SSSR count). The van der Waals surface area contributed by atoms with Crippen LogP contribution in [0.4, 0.5) is 5.69 Å². The highest BCUT2D eigenvalue weighted by molar-refractivity contribution is 5.98. The molecule has 1 amide bonds. The molecule has 2 aromatic rings. The summed E-state index contributed by atoms with van der Waals surface area (Å²) in [4.78, 5) is 14.9. The van der Waals surface area contributed by atoms with Gasteiger partial charge in [0, 0.05) is 29.4 Å². The second kappa shape index (κ2) is 8.84. The van der Waals surface area contributed by atoms with Crippen molar-refractivity contribution in [3.63, 3.8) is 0 Å². The lowest BCUT2D eigenvalue weighted by Crippen LogP contribution is -2.44. The number of hydrazone groups is 1. The molecule has 0 aromatic heterocycles. The number of methoxy groups -OCH3 is 2. The standard InChI is InChI=1S/C25H31N3O3/c1-8-28-21-13-22(30-6)18(12-20(21)17(3)14-25(28,4)5)15-26-27-24(29)19-10-9-16(2)11-23(19)31-7/h9-15H,8H2,1-7H3,(H,27,29)/b26-15-. The Morgan fingerprint density at radius 2 is 1.84 bits per heavy atom. The van der Waals surface area contributed by atoms with E-state index in [2.05, 4.69) is 55.3 Å². The monoisotopic (exact) mass is 421 g/mol. The van der Waals surface area contributed by atoms with Gasteiger partial charge in [-0.1, -0.05) is 12.1 Å². The maximum absolute atomic E-state index is 12.6. The van der Waals surface area contributed by atoms with E-state index < -0.39 is 0 Å². The number of benzene rings is 2. The predicted molar refractivity (Wildman–Crippen MR) is 127 cm³/mol. The molecule has 31 heavy (non-hydrogen) atoms. The van der Waals surface area contributed by atoms with Gasteiger partial charge in [0.15, 0.2) is 0 Å². The molecule has 1 aliphatic heterocycles. The molecule has 0 saturated carbocycles. The zero-order valence-electron chi connectivity index (χ0n) is 19.4. The number of amides is 1. The molecule has 0 fully saturated rings. The van der Waals surface area contributed by atoms with Crippen molar-refractivity contribution in [2.24, 2.45) is 5.10 Å². The van der Waals surface area contributed by atoms with Crippen LogP contribution in [0.2, 0.25) is 0 Å². The number of anilines is 1. The summed E-state index contributed by atoms with van der Waals surface area (Å²) >= 11 is 0. The minimum Gasteiger partial charge on any atom is -0.496 e.